The smallest absolute Gasteiger partial charge is 0.306 e. The Kier molecular flexibility index (Phi) is 12.7. The van der Waals surface area contributed by atoms with E-state index in [2.05, 4.69) is 11.9 Å². The van der Waals surface area contributed by atoms with E-state index < -0.39 is 42.0 Å². The third-order valence-corrected chi connectivity index (χ3v) is 15.8. The summed E-state index contributed by atoms with van der Waals surface area (Å²) in [5.74, 6) is -0.844. The van der Waals surface area contributed by atoms with E-state index in [0.29, 0.717) is 46.0 Å². The van der Waals surface area contributed by atoms with Gasteiger partial charge in [0.2, 0.25) is 13.3 Å². The Hall–Kier alpha value is -4.52. The van der Waals surface area contributed by atoms with Crippen LogP contribution < -0.4 is 14.8 Å². The number of Topliss-reactive ketones (excluding diaryl/α,β-unsaturated/α-hetero) is 1. The van der Waals surface area contributed by atoms with Crippen LogP contribution in [0.1, 0.15) is 91.7 Å². The fourth-order valence-electron chi connectivity index (χ4n) is 8.76. The SMILES string of the molecule is C=C[C@@H]1C[C@]1(CC(=O)[C@@H]1C[C@@H](Oc2cc(-c3csc(NC(C)C)n3)nc3cc(OC)ccc23)CN1C(=O)[C@@H](CC(=O)OC1CCCC1)C(C)(C)C)P(=O)(O)Cc1ccco1. The van der Waals surface area contributed by atoms with E-state index in [1.807, 2.05) is 64.3 Å². The average Bonchev–Trinajstić information content (AvgIpc) is 3.81. The third-order valence-electron chi connectivity index (χ3n) is 12.2. The van der Waals surface area contributed by atoms with Gasteiger partial charge >= 0.3 is 5.97 Å². The lowest BCUT2D eigenvalue weighted by atomic mass is 9.77. The van der Waals surface area contributed by atoms with Gasteiger partial charge in [-0.05, 0) is 81.5 Å². The number of esters is 1. The van der Waals surface area contributed by atoms with Crippen LogP contribution in [0, 0.1) is 17.3 Å². The number of fused-ring (bicyclic) bond motifs is 1. The average molecular weight is 861 g/mol. The summed E-state index contributed by atoms with van der Waals surface area (Å²) in [7, 11) is -2.43. The number of rotatable bonds is 17. The van der Waals surface area contributed by atoms with E-state index in [1.54, 1.807) is 25.3 Å². The van der Waals surface area contributed by atoms with Crippen LogP contribution in [0.25, 0.3) is 22.3 Å². The maximum Gasteiger partial charge on any atom is 0.306 e. The van der Waals surface area contributed by atoms with Crippen molar-refractivity contribution >= 4 is 52.4 Å². The van der Waals surface area contributed by atoms with Crippen molar-refractivity contribution in [3.05, 3.63) is 66.5 Å². The minimum atomic E-state index is -4.02. The number of aromatic nitrogens is 2. The zero-order valence-electron chi connectivity index (χ0n) is 35.3. The van der Waals surface area contributed by atoms with Gasteiger partial charge in [-0.3, -0.25) is 18.9 Å². The van der Waals surface area contributed by atoms with Gasteiger partial charge in [0, 0.05) is 41.8 Å². The number of thiazole rings is 1. The lowest BCUT2D eigenvalue weighted by Gasteiger charge is -2.35. The van der Waals surface area contributed by atoms with E-state index in [9.17, 15) is 23.8 Å². The quantitative estimate of drug-likeness (QED) is 0.0588. The molecule has 0 bridgehead atoms. The lowest BCUT2D eigenvalue weighted by Crippen LogP contribution is -2.48. The highest BCUT2D eigenvalue weighted by molar-refractivity contribution is 7.59. The summed E-state index contributed by atoms with van der Waals surface area (Å²) < 4.78 is 37.8. The van der Waals surface area contributed by atoms with Crippen molar-refractivity contribution in [2.24, 2.45) is 17.3 Å². The fraction of sp³-hybridized carbons (Fsp3) is 0.533. The molecule has 3 aliphatic rings. The fourth-order valence-corrected chi connectivity index (χ4v) is 12.0. The molecule has 15 heteroatoms. The zero-order valence-corrected chi connectivity index (χ0v) is 37.1. The maximum atomic E-state index is 14.9. The monoisotopic (exact) mass is 860 g/mol. The Morgan fingerprint density at radius 2 is 1.90 bits per heavy atom. The van der Waals surface area contributed by atoms with Crippen molar-refractivity contribution in [1.29, 1.82) is 0 Å². The van der Waals surface area contributed by atoms with Crippen LogP contribution in [0.2, 0.25) is 0 Å². The van der Waals surface area contributed by atoms with Gasteiger partial charge in [-0.15, -0.1) is 17.9 Å². The first-order valence-electron chi connectivity index (χ1n) is 20.9. The number of carbonyl (C=O) groups excluding carboxylic acids is 3. The highest BCUT2D eigenvalue weighted by atomic mass is 32.1. The number of benzene rings is 1. The highest BCUT2D eigenvalue weighted by Gasteiger charge is 2.65. The van der Waals surface area contributed by atoms with Crippen LogP contribution in [0.5, 0.6) is 11.5 Å². The molecule has 322 valence electrons. The Labute approximate surface area is 355 Å². The first-order valence-corrected chi connectivity index (χ1v) is 23.6. The maximum absolute atomic E-state index is 14.9. The molecule has 2 aliphatic carbocycles. The van der Waals surface area contributed by atoms with Gasteiger partial charge in [0.15, 0.2) is 10.9 Å². The summed E-state index contributed by atoms with van der Waals surface area (Å²) in [6.45, 7) is 13.8. The number of nitrogens with one attached hydrogen (secondary N) is 1. The van der Waals surface area contributed by atoms with Gasteiger partial charge < -0.3 is 33.7 Å². The molecule has 2 N–H and O–H groups in total. The molecule has 1 saturated heterocycles. The standard InChI is InChI=1S/C45H57N4O9PS/c1-8-28-22-45(28,59(53,54)25-31-14-11-17-56-31)23-39(50)38-19-32(24-49(38)42(52)34(44(4,5)6)20-41(51)58-29-12-9-10-13-29)57-40-21-36(37-26-60-43(48-37)46-27(2)3)47-35-18-30(55-7)15-16-33(35)40/h8,11,14-18,21,26-29,32,34,38H,1,9-10,12-13,19-20,22-25H2,2-7H3,(H,46,48)(H,53,54)/t28-,32-,34-,38+,45-/m1/s1. The number of methoxy groups -OCH3 is 1. The minimum absolute atomic E-state index is 0.0506. The molecule has 1 amide bonds. The molecule has 6 atom stereocenters. The summed E-state index contributed by atoms with van der Waals surface area (Å²) in [4.78, 5) is 66.0. The summed E-state index contributed by atoms with van der Waals surface area (Å²) in [5.41, 5.74) is 1.18. The molecular weight excluding hydrogens is 804 g/mol. The second-order valence-corrected chi connectivity index (χ2v) is 21.4. The molecule has 0 spiro atoms. The molecule has 4 heterocycles. The van der Waals surface area contributed by atoms with E-state index >= 15 is 0 Å². The highest BCUT2D eigenvalue weighted by Crippen LogP contribution is 2.74. The third kappa shape index (κ3) is 9.35. The van der Waals surface area contributed by atoms with Crippen molar-refractivity contribution in [1.82, 2.24) is 14.9 Å². The summed E-state index contributed by atoms with van der Waals surface area (Å²) in [6.07, 6.45) is 5.74. The second kappa shape index (κ2) is 17.5. The van der Waals surface area contributed by atoms with Gasteiger partial charge in [0.05, 0.1) is 60.8 Å². The largest absolute Gasteiger partial charge is 0.497 e. The topological polar surface area (TPSA) is 170 Å². The van der Waals surface area contributed by atoms with Gasteiger partial charge in [0.1, 0.15) is 35.2 Å². The molecule has 1 aliphatic heterocycles. The van der Waals surface area contributed by atoms with E-state index in [1.165, 1.54) is 22.5 Å². The Morgan fingerprint density at radius 3 is 2.55 bits per heavy atom. The van der Waals surface area contributed by atoms with Crippen molar-refractivity contribution in [3.8, 4) is 22.9 Å². The molecule has 60 heavy (non-hydrogen) atoms. The molecule has 3 aromatic heterocycles. The molecule has 4 aromatic rings. The van der Waals surface area contributed by atoms with E-state index in [0.717, 1.165) is 30.8 Å². The number of hydrogen-bond acceptors (Lipinski definition) is 12. The number of furan rings is 1. The summed E-state index contributed by atoms with van der Waals surface area (Å²) in [6, 6.07) is 9.84. The first-order chi connectivity index (χ1) is 28.5. The van der Waals surface area contributed by atoms with E-state index in [4.69, 9.17) is 28.6 Å². The molecular formula is C45H57N4O9PS. The number of ketones is 1. The van der Waals surface area contributed by atoms with Crippen molar-refractivity contribution in [2.45, 2.75) is 122 Å². The van der Waals surface area contributed by atoms with Crippen LogP contribution in [-0.2, 0) is 29.8 Å². The number of anilines is 1. The Bertz CT molecular complexity index is 2260. The van der Waals surface area contributed by atoms with Crippen molar-refractivity contribution in [2.75, 3.05) is 19.0 Å². The lowest BCUT2D eigenvalue weighted by molar-refractivity contribution is -0.156. The Balaban J connectivity index is 1.22. The molecule has 2 saturated carbocycles. The van der Waals surface area contributed by atoms with Gasteiger partial charge in [-0.25, -0.2) is 9.97 Å². The summed E-state index contributed by atoms with van der Waals surface area (Å²) >= 11 is 1.47. The van der Waals surface area contributed by atoms with Crippen LogP contribution in [0.4, 0.5) is 5.13 Å². The molecule has 13 nitrogen and oxygen atoms in total. The number of nitrogens with zero attached hydrogens (tertiary/aromatic N) is 3. The predicted octanol–water partition coefficient (Wildman–Crippen LogP) is 9.04. The number of ether oxygens (including phenoxy) is 3. The zero-order chi connectivity index (χ0) is 43.0. The summed E-state index contributed by atoms with van der Waals surface area (Å²) in [5, 5.41) is 5.48. The number of likely N-dealkylation sites (tertiary alicyclic amines) is 1. The molecule has 1 aromatic carbocycles. The van der Waals surface area contributed by atoms with E-state index in [-0.39, 0.29) is 61.7 Å². The van der Waals surface area contributed by atoms with Crippen LogP contribution in [-0.4, -0.2) is 80.5 Å². The molecule has 1 unspecified atom stereocenters. The minimum Gasteiger partial charge on any atom is -0.497 e. The van der Waals surface area contributed by atoms with Gasteiger partial charge in [-0.2, -0.15) is 0 Å². The van der Waals surface area contributed by atoms with Gasteiger partial charge in [-0.1, -0.05) is 26.8 Å². The number of pyridine rings is 1. The van der Waals surface area contributed by atoms with Crippen molar-refractivity contribution < 1.29 is 42.5 Å². The number of allylic oxidation sites excluding steroid dienone is 1. The van der Waals surface area contributed by atoms with Crippen molar-refractivity contribution in [3.63, 3.8) is 0 Å². The number of amides is 1. The second-order valence-electron chi connectivity index (χ2n) is 18.0. The van der Waals surface area contributed by atoms with Gasteiger partial charge in [0.25, 0.3) is 0 Å². The molecule has 7 rings (SSSR count). The van der Waals surface area contributed by atoms with Crippen LogP contribution in [0.15, 0.2) is 65.1 Å². The predicted molar refractivity (Wildman–Crippen MR) is 232 cm³/mol. The molecule has 0 radical (unpaired) electrons. The first kappa shape index (κ1) is 43.6. The van der Waals surface area contributed by atoms with Crippen LogP contribution in [0.3, 0.4) is 0 Å². The molecule has 3 fully saturated rings. The van der Waals surface area contributed by atoms with Crippen LogP contribution >= 0.6 is 18.7 Å². The number of hydrogen-bond donors (Lipinski definition) is 2. The number of carbonyl (C=O) groups is 3. The normalized spacial score (nSPS) is 23.3. The Morgan fingerprint density at radius 1 is 1.13 bits per heavy atom.